The molecule has 0 saturated carbocycles. The normalized spacial score (nSPS) is 13.1. The number of carbonyl (C=O) groups is 2. The third kappa shape index (κ3) is 4.84. The van der Waals surface area contributed by atoms with Crippen molar-refractivity contribution in [1.82, 2.24) is 10.6 Å². The second kappa shape index (κ2) is 6.74. The number of hydrogen-bond donors (Lipinski definition) is 2. The first-order valence-corrected chi connectivity index (χ1v) is 6.03. The Balaban J connectivity index is 4.19. The average Bonchev–Trinajstić information content (AvgIpc) is 2.25. The lowest BCUT2D eigenvalue weighted by Gasteiger charge is -2.23. The molecule has 0 bridgehead atoms. The van der Waals surface area contributed by atoms with Crippen LogP contribution in [0.1, 0.15) is 34.1 Å². The van der Waals surface area contributed by atoms with Gasteiger partial charge in [-0.25, -0.2) is 0 Å². The van der Waals surface area contributed by atoms with Gasteiger partial charge in [-0.3, -0.25) is 9.59 Å². The van der Waals surface area contributed by atoms with Gasteiger partial charge in [0.1, 0.15) is 6.04 Å². The molecule has 1 unspecified atom stereocenters. The molecule has 2 amide bonds. The zero-order valence-corrected chi connectivity index (χ0v) is 11.1. The van der Waals surface area contributed by atoms with Crippen LogP contribution in [0.5, 0.6) is 0 Å². The number of carbonyl (C=O) groups excluding carboxylic acids is 2. The Labute approximate surface area is 102 Å². The average molecular weight is 249 g/mol. The van der Waals surface area contributed by atoms with Crippen LogP contribution in [-0.4, -0.2) is 30.3 Å². The zero-order chi connectivity index (χ0) is 12.8. The van der Waals surface area contributed by atoms with Gasteiger partial charge in [0.2, 0.25) is 11.8 Å². The van der Waals surface area contributed by atoms with Gasteiger partial charge >= 0.3 is 0 Å². The summed E-state index contributed by atoms with van der Waals surface area (Å²) in [6.45, 7) is 7.74. The molecule has 4 nitrogen and oxygen atoms in total. The van der Waals surface area contributed by atoms with Crippen LogP contribution < -0.4 is 10.6 Å². The van der Waals surface area contributed by atoms with E-state index in [-0.39, 0.29) is 17.7 Å². The summed E-state index contributed by atoms with van der Waals surface area (Å²) in [4.78, 5) is 23.2. The van der Waals surface area contributed by atoms with Gasteiger partial charge in [0.05, 0.1) is 5.41 Å². The van der Waals surface area contributed by atoms with Crippen LogP contribution >= 0.6 is 11.6 Å². The fraction of sp³-hybridized carbons (Fsp3) is 0.818. The van der Waals surface area contributed by atoms with E-state index in [0.717, 1.165) is 6.42 Å². The SMILES string of the molecule is CCCNC(=O)C(C)NC(=O)C(C)(C)CCl. The molecule has 0 aromatic carbocycles. The maximum absolute atomic E-state index is 11.7. The van der Waals surface area contributed by atoms with Gasteiger partial charge in [0.15, 0.2) is 0 Å². The Bertz CT molecular complexity index is 254. The van der Waals surface area contributed by atoms with Crippen LogP contribution in [0.15, 0.2) is 0 Å². The Kier molecular flexibility index (Phi) is 6.41. The van der Waals surface area contributed by atoms with E-state index in [1.165, 1.54) is 0 Å². The van der Waals surface area contributed by atoms with Crippen LogP contribution in [0, 0.1) is 5.41 Å². The van der Waals surface area contributed by atoms with Crippen molar-refractivity contribution in [3.63, 3.8) is 0 Å². The first-order chi connectivity index (χ1) is 7.35. The van der Waals surface area contributed by atoms with Crippen molar-refractivity contribution in [1.29, 1.82) is 0 Å². The lowest BCUT2D eigenvalue weighted by molar-refractivity contribution is -0.133. The first-order valence-electron chi connectivity index (χ1n) is 5.49. The number of nitrogens with one attached hydrogen (secondary N) is 2. The molecule has 0 aromatic rings. The minimum Gasteiger partial charge on any atom is -0.354 e. The van der Waals surface area contributed by atoms with Gasteiger partial charge in [-0.2, -0.15) is 0 Å². The Hall–Kier alpha value is -0.770. The molecule has 0 fully saturated rings. The molecule has 0 heterocycles. The van der Waals surface area contributed by atoms with Crippen molar-refractivity contribution in [2.45, 2.75) is 40.2 Å². The first kappa shape index (κ1) is 15.2. The second-order valence-electron chi connectivity index (χ2n) is 4.50. The van der Waals surface area contributed by atoms with Gasteiger partial charge in [-0.05, 0) is 27.2 Å². The number of rotatable bonds is 6. The van der Waals surface area contributed by atoms with E-state index in [1.54, 1.807) is 20.8 Å². The third-order valence-electron chi connectivity index (χ3n) is 2.24. The van der Waals surface area contributed by atoms with Crippen molar-refractivity contribution >= 4 is 23.4 Å². The molecule has 0 saturated heterocycles. The van der Waals surface area contributed by atoms with Gasteiger partial charge in [0.25, 0.3) is 0 Å². The number of hydrogen-bond acceptors (Lipinski definition) is 2. The van der Waals surface area contributed by atoms with Crippen LogP contribution in [0.2, 0.25) is 0 Å². The molecule has 0 aliphatic carbocycles. The summed E-state index contributed by atoms with van der Waals surface area (Å²) in [6, 6.07) is -0.526. The zero-order valence-electron chi connectivity index (χ0n) is 10.4. The summed E-state index contributed by atoms with van der Waals surface area (Å²) in [5.41, 5.74) is -0.652. The van der Waals surface area contributed by atoms with Gasteiger partial charge in [-0.1, -0.05) is 6.92 Å². The van der Waals surface area contributed by atoms with E-state index >= 15 is 0 Å². The topological polar surface area (TPSA) is 58.2 Å². The van der Waals surface area contributed by atoms with Crippen molar-refractivity contribution in [2.24, 2.45) is 5.41 Å². The quantitative estimate of drug-likeness (QED) is 0.696. The van der Waals surface area contributed by atoms with Crippen molar-refractivity contribution in [3.8, 4) is 0 Å². The molecule has 0 aliphatic rings. The molecular weight excluding hydrogens is 228 g/mol. The van der Waals surface area contributed by atoms with Crippen molar-refractivity contribution < 1.29 is 9.59 Å². The largest absolute Gasteiger partial charge is 0.354 e. The predicted molar refractivity (Wildman–Crippen MR) is 65.4 cm³/mol. The van der Waals surface area contributed by atoms with E-state index < -0.39 is 11.5 Å². The van der Waals surface area contributed by atoms with Gasteiger partial charge < -0.3 is 10.6 Å². The van der Waals surface area contributed by atoms with E-state index in [4.69, 9.17) is 11.6 Å². The summed E-state index contributed by atoms with van der Waals surface area (Å²) in [7, 11) is 0. The Morgan fingerprint density at radius 3 is 2.38 bits per heavy atom. The molecule has 0 aliphatic heterocycles. The minimum absolute atomic E-state index is 0.166. The molecule has 0 radical (unpaired) electrons. The van der Waals surface area contributed by atoms with Gasteiger partial charge in [-0.15, -0.1) is 11.6 Å². The molecule has 0 aromatic heterocycles. The smallest absolute Gasteiger partial charge is 0.242 e. The highest BCUT2D eigenvalue weighted by molar-refractivity contribution is 6.19. The maximum atomic E-state index is 11.7. The molecule has 16 heavy (non-hydrogen) atoms. The third-order valence-corrected chi connectivity index (χ3v) is 2.91. The van der Waals surface area contributed by atoms with E-state index in [0.29, 0.717) is 6.54 Å². The van der Waals surface area contributed by atoms with Crippen LogP contribution in [-0.2, 0) is 9.59 Å². The standard InChI is InChI=1S/C11H21ClN2O2/c1-5-6-13-9(15)8(2)14-10(16)11(3,4)7-12/h8H,5-7H2,1-4H3,(H,13,15)(H,14,16). The summed E-state index contributed by atoms with van der Waals surface area (Å²) in [5.74, 6) is -0.149. The maximum Gasteiger partial charge on any atom is 0.242 e. The van der Waals surface area contributed by atoms with E-state index in [2.05, 4.69) is 10.6 Å². The fourth-order valence-corrected chi connectivity index (χ4v) is 1.04. The highest BCUT2D eigenvalue weighted by Crippen LogP contribution is 2.16. The summed E-state index contributed by atoms with van der Waals surface area (Å²) < 4.78 is 0. The Morgan fingerprint density at radius 1 is 1.38 bits per heavy atom. The minimum atomic E-state index is -0.652. The van der Waals surface area contributed by atoms with Crippen molar-refractivity contribution in [2.75, 3.05) is 12.4 Å². The highest BCUT2D eigenvalue weighted by Gasteiger charge is 2.28. The van der Waals surface area contributed by atoms with Crippen LogP contribution in [0.25, 0.3) is 0 Å². The molecule has 0 rings (SSSR count). The number of amides is 2. The molecule has 5 heteroatoms. The van der Waals surface area contributed by atoms with Crippen molar-refractivity contribution in [3.05, 3.63) is 0 Å². The molecule has 0 spiro atoms. The summed E-state index contributed by atoms with van der Waals surface area (Å²) >= 11 is 5.67. The molecule has 1 atom stereocenters. The molecular formula is C11H21ClN2O2. The fourth-order valence-electron chi connectivity index (χ4n) is 0.920. The second-order valence-corrected chi connectivity index (χ2v) is 4.77. The van der Waals surface area contributed by atoms with Gasteiger partial charge in [0, 0.05) is 12.4 Å². The summed E-state index contributed by atoms with van der Waals surface area (Å²) in [6.07, 6.45) is 0.875. The lowest BCUT2D eigenvalue weighted by atomic mass is 9.95. The Morgan fingerprint density at radius 2 is 1.94 bits per heavy atom. The van der Waals surface area contributed by atoms with E-state index in [1.807, 2.05) is 6.92 Å². The highest BCUT2D eigenvalue weighted by atomic mass is 35.5. The van der Waals surface area contributed by atoms with Crippen LogP contribution in [0.4, 0.5) is 0 Å². The van der Waals surface area contributed by atoms with E-state index in [9.17, 15) is 9.59 Å². The molecule has 94 valence electrons. The monoisotopic (exact) mass is 248 g/mol. The number of halogens is 1. The molecule has 2 N–H and O–H groups in total. The number of alkyl halides is 1. The summed E-state index contributed by atoms with van der Waals surface area (Å²) in [5, 5.41) is 5.36. The van der Waals surface area contributed by atoms with Crippen LogP contribution in [0.3, 0.4) is 0 Å². The lowest BCUT2D eigenvalue weighted by Crippen LogP contribution is -2.49. The predicted octanol–water partition coefficient (Wildman–Crippen LogP) is 1.28.